The van der Waals surface area contributed by atoms with Crippen LogP contribution in [-0.2, 0) is 6.42 Å². The Morgan fingerprint density at radius 2 is 2.35 bits per heavy atom. The Labute approximate surface area is 135 Å². The van der Waals surface area contributed by atoms with Gasteiger partial charge in [-0.25, -0.2) is 0 Å². The van der Waals surface area contributed by atoms with Gasteiger partial charge in [-0.3, -0.25) is 9.89 Å². The van der Waals surface area contributed by atoms with Crippen molar-refractivity contribution in [3.63, 3.8) is 0 Å². The summed E-state index contributed by atoms with van der Waals surface area (Å²) in [6.45, 7) is 7.49. The van der Waals surface area contributed by atoms with E-state index in [-0.39, 0.29) is 11.8 Å². The maximum absolute atomic E-state index is 12.7. The first kappa shape index (κ1) is 15.7. The summed E-state index contributed by atoms with van der Waals surface area (Å²) < 4.78 is 5.20. The lowest BCUT2D eigenvalue weighted by Crippen LogP contribution is -2.39. The number of amides is 1. The largest absolute Gasteiger partial charge is 0.339 e. The third-order valence-electron chi connectivity index (χ3n) is 4.30. The van der Waals surface area contributed by atoms with Crippen LogP contribution in [0.15, 0.2) is 10.6 Å². The first-order valence-corrected chi connectivity index (χ1v) is 8.25. The van der Waals surface area contributed by atoms with Gasteiger partial charge in [0.2, 0.25) is 5.89 Å². The van der Waals surface area contributed by atoms with Gasteiger partial charge in [-0.05, 0) is 24.8 Å². The molecule has 0 aliphatic carbocycles. The van der Waals surface area contributed by atoms with Crippen molar-refractivity contribution >= 4 is 5.91 Å². The number of hydrogen-bond donors (Lipinski definition) is 1. The van der Waals surface area contributed by atoms with Gasteiger partial charge < -0.3 is 9.42 Å². The summed E-state index contributed by atoms with van der Waals surface area (Å²) in [6.07, 6.45) is 2.64. The fourth-order valence-corrected chi connectivity index (χ4v) is 2.85. The average molecular weight is 317 g/mol. The number of hydrogen-bond acceptors (Lipinski definition) is 5. The normalized spacial score (nSPS) is 18.6. The molecule has 0 bridgehead atoms. The maximum atomic E-state index is 12.7. The van der Waals surface area contributed by atoms with E-state index in [0.717, 1.165) is 31.5 Å². The Morgan fingerprint density at radius 1 is 1.52 bits per heavy atom. The van der Waals surface area contributed by atoms with Crippen LogP contribution in [0.3, 0.4) is 0 Å². The van der Waals surface area contributed by atoms with Crippen LogP contribution in [0.25, 0.3) is 0 Å². The zero-order valence-electron chi connectivity index (χ0n) is 13.9. The topological polar surface area (TPSA) is 87.9 Å². The highest BCUT2D eigenvalue weighted by atomic mass is 16.5. The molecule has 1 atom stereocenters. The van der Waals surface area contributed by atoms with Crippen LogP contribution in [0.2, 0.25) is 0 Å². The number of piperidine rings is 1. The standard InChI is InChI=1S/C16H23N5O2/c1-4-14-17-15(20-23-14)11-6-5-7-21(9-11)16(22)13-8-12(10(2)3)18-19-13/h8,10-11H,4-7,9H2,1-3H3,(H,18,19). The van der Waals surface area contributed by atoms with E-state index in [1.54, 1.807) is 0 Å². The van der Waals surface area contributed by atoms with Crippen LogP contribution >= 0.6 is 0 Å². The first-order chi connectivity index (χ1) is 11.1. The molecule has 3 heterocycles. The Kier molecular flexibility index (Phi) is 4.45. The van der Waals surface area contributed by atoms with Crippen molar-refractivity contribution < 1.29 is 9.32 Å². The third-order valence-corrected chi connectivity index (χ3v) is 4.30. The lowest BCUT2D eigenvalue weighted by Gasteiger charge is -2.30. The predicted octanol–water partition coefficient (Wildman–Crippen LogP) is 2.50. The zero-order chi connectivity index (χ0) is 16.4. The minimum Gasteiger partial charge on any atom is -0.339 e. The number of aryl methyl sites for hydroxylation is 1. The van der Waals surface area contributed by atoms with E-state index in [2.05, 4.69) is 34.2 Å². The predicted molar refractivity (Wildman–Crippen MR) is 84.2 cm³/mol. The van der Waals surface area contributed by atoms with Crippen LogP contribution in [0, 0.1) is 0 Å². The van der Waals surface area contributed by atoms with Crippen LogP contribution in [-0.4, -0.2) is 44.2 Å². The number of carbonyl (C=O) groups is 1. The molecular weight excluding hydrogens is 294 g/mol. The molecule has 7 nitrogen and oxygen atoms in total. The van der Waals surface area contributed by atoms with Crippen molar-refractivity contribution in [2.45, 2.75) is 51.9 Å². The fourth-order valence-electron chi connectivity index (χ4n) is 2.85. The number of nitrogens with one attached hydrogen (secondary N) is 1. The lowest BCUT2D eigenvalue weighted by atomic mass is 9.97. The molecule has 7 heteroatoms. The highest BCUT2D eigenvalue weighted by Crippen LogP contribution is 2.26. The second kappa shape index (κ2) is 6.52. The van der Waals surface area contributed by atoms with Crippen molar-refractivity contribution in [2.75, 3.05) is 13.1 Å². The van der Waals surface area contributed by atoms with Gasteiger partial charge in [0.05, 0.1) is 0 Å². The number of rotatable bonds is 4. The van der Waals surface area contributed by atoms with Crippen molar-refractivity contribution in [2.24, 2.45) is 0 Å². The summed E-state index contributed by atoms with van der Waals surface area (Å²) in [5.74, 6) is 1.80. The molecule has 124 valence electrons. The molecule has 1 aliphatic heterocycles. The SMILES string of the molecule is CCc1nc(C2CCCN(C(=O)c3cc(C(C)C)[nH]n3)C2)no1. The van der Waals surface area contributed by atoms with Crippen molar-refractivity contribution in [1.82, 2.24) is 25.2 Å². The van der Waals surface area contributed by atoms with Gasteiger partial charge in [0.15, 0.2) is 5.82 Å². The van der Waals surface area contributed by atoms with Crippen molar-refractivity contribution in [3.05, 3.63) is 29.2 Å². The molecule has 3 rings (SSSR count). The van der Waals surface area contributed by atoms with E-state index in [1.165, 1.54) is 0 Å². The van der Waals surface area contributed by atoms with Crippen LogP contribution in [0.5, 0.6) is 0 Å². The number of aromatic amines is 1. The van der Waals surface area contributed by atoms with E-state index < -0.39 is 0 Å². The second-order valence-corrected chi connectivity index (χ2v) is 6.35. The Balaban J connectivity index is 1.70. The Morgan fingerprint density at radius 3 is 3.00 bits per heavy atom. The lowest BCUT2D eigenvalue weighted by molar-refractivity contribution is 0.0697. The van der Waals surface area contributed by atoms with Crippen LogP contribution in [0.4, 0.5) is 0 Å². The van der Waals surface area contributed by atoms with E-state index in [9.17, 15) is 4.79 Å². The van der Waals surface area contributed by atoms with Gasteiger partial charge in [-0.1, -0.05) is 25.9 Å². The summed E-state index contributed by atoms with van der Waals surface area (Å²) in [6, 6.07) is 1.85. The number of carbonyl (C=O) groups excluding carboxylic acids is 1. The summed E-state index contributed by atoms with van der Waals surface area (Å²) >= 11 is 0. The zero-order valence-corrected chi connectivity index (χ0v) is 13.9. The molecule has 1 amide bonds. The molecule has 1 unspecified atom stereocenters. The Hall–Kier alpha value is -2.18. The first-order valence-electron chi connectivity index (χ1n) is 8.25. The van der Waals surface area contributed by atoms with E-state index in [0.29, 0.717) is 29.9 Å². The minimum absolute atomic E-state index is 0.0305. The van der Waals surface area contributed by atoms with Gasteiger partial charge in [-0.2, -0.15) is 10.1 Å². The molecule has 0 aromatic carbocycles. The molecule has 0 saturated carbocycles. The van der Waals surface area contributed by atoms with Crippen molar-refractivity contribution in [3.8, 4) is 0 Å². The molecule has 1 fully saturated rings. The van der Waals surface area contributed by atoms with Crippen LogP contribution < -0.4 is 0 Å². The number of nitrogens with zero attached hydrogens (tertiary/aromatic N) is 4. The van der Waals surface area contributed by atoms with Crippen LogP contribution in [0.1, 0.15) is 73.3 Å². The highest BCUT2D eigenvalue weighted by Gasteiger charge is 2.29. The Bertz CT molecular complexity index is 676. The molecule has 1 aliphatic rings. The van der Waals surface area contributed by atoms with E-state index >= 15 is 0 Å². The summed E-state index contributed by atoms with van der Waals surface area (Å²) in [5, 5.41) is 11.2. The molecule has 0 radical (unpaired) electrons. The molecule has 1 N–H and O–H groups in total. The van der Waals surface area contributed by atoms with Gasteiger partial charge >= 0.3 is 0 Å². The number of aromatic nitrogens is 4. The van der Waals surface area contributed by atoms with E-state index in [4.69, 9.17) is 4.52 Å². The van der Waals surface area contributed by atoms with Crippen molar-refractivity contribution in [1.29, 1.82) is 0 Å². The molecule has 23 heavy (non-hydrogen) atoms. The summed E-state index contributed by atoms with van der Waals surface area (Å²) in [7, 11) is 0. The third kappa shape index (κ3) is 3.28. The van der Waals surface area contributed by atoms with Gasteiger partial charge in [0.1, 0.15) is 5.69 Å². The molecule has 0 spiro atoms. The monoisotopic (exact) mass is 317 g/mol. The minimum atomic E-state index is -0.0305. The van der Waals surface area contributed by atoms with Gasteiger partial charge in [0.25, 0.3) is 5.91 Å². The van der Waals surface area contributed by atoms with Gasteiger partial charge in [0, 0.05) is 31.1 Å². The summed E-state index contributed by atoms with van der Waals surface area (Å²) in [5.41, 5.74) is 1.46. The molecule has 2 aromatic heterocycles. The molecule has 1 saturated heterocycles. The smallest absolute Gasteiger partial charge is 0.274 e. The highest BCUT2D eigenvalue weighted by molar-refractivity contribution is 5.92. The van der Waals surface area contributed by atoms with Gasteiger partial charge in [-0.15, -0.1) is 0 Å². The second-order valence-electron chi connectivity index (χ2n) is 6.35. The number of likely N-dealkylation sites (tertiary alicyclic amines) is 1. The quantitative estimate of drug-likeness (QED) is 0.936. The maximum Gasteiger partial charge on any atom is 0.274 e. The fraction of sp³-hybridized carbons (Fsp3) is 0.625. The number of H-pyrrole nitrogens is 1. The average Bonchev–Trinajstić information content (AvgIpc) is 3.23. The molecular formula is C16H23N5O2. The van der Waals surface area contributed by atoms with E-state index in [1.807, 2.05) is 17.9 Å². The molecule has 2 aromatic rings. The summed E-state index contributed by atoms with van der Waals surface area (Å²) in [4.78, 5) is 18.9.